The van der Waals surface area contributed by atoms with Crippen LogP contribution in [0.4, 0.5) is 4.39 Å². The van der Waals surface area contributed by atoms with Crippen LogP contribution in [0.2, 0.25) is 0 Å². The van der Waals surface area contributed by atoms with Gasteiger partial charge in [0.05, 0.1) is 25.2 Å². The van der Waals surface area contributed by atoms with Gasteiger partial charge >= 0.3 is 17.9 Å². The summed E-state index contributed by atoms with van der Waals surface area (Å²) in [6.45, 7) is 18.3. The van der Waals surface area contributed by atoms with Crippen molar-refractivity contribution in [3.8, 4) is 16.9 Å². The highest BCUT2D eigenvalue weighted by atomic mass is 19.1. The molecule has 0 aliphatic heterocycles. The van der Waals surface area contributed by atoms with Crippen molar-refractivity contribution in [2.45, 2.75) is 111 Å². The van der Waals surface area contributed by atoms with Crippen LogP contribution < -0.4 is 16.2 Å². The second kappa shape index (κ2) is 23.1. The SMILES string of the molecule is C=C(C)C(=O)OCCCc1cc(-c2ccc(C3CCC(CCCCC)CC3)cc2F)cc(CCCOC(=O)C(=C)C)c1OCC(CN)(CN)COC(=O)C(=C)C. The fraction of sp³-hybridized carbons (Fsp3) is 0.543. The first kappa shape index (κ1) is 46.1. The van der Waals surface area contributed by atoms with Crippen LogP contribution in [0.3, 0.4) is 0 Å². The van der Waals surface area contributed by atoms with E-state index in [9.17, 15) is 14.4 Å². The van der Waals surface area contributed by atoms with Gasteiger partial charge in [-0.1, -0.05) is 64.5 Å². The molecule has 0 radical (unpaired) electrons. The van der Waals surface area contributed by atoms with Gasteiger partial charge in [-0.3, -0.25) is 0 Å². The average Bonchev–Trinajstić information content (AvgIpc) is 3.18. The Morgan fingerprint density at radius 3 is 1.77 bits per heavy atom. The van der Waals surface area contributed by atoms with Gasteiger partial charge in [0.2, 0.25) is 0 Å². The highest BCUT2D eigenvalue weighted by Gasteiger charge is 2.32. The van der Waals surface area contributed by atoms with Crippen molar-refractivity contribution < 1.29 is 37.7 Å². The molecular formula is C46H65FN2O7. The summed E-state index contributed by atoms with van der Waals surface area (Å²) in [5.41, 5.74) is 16.0. The Morgan fingerprint density at radius 2 is 1.29 bits per heavy atom. The van der Waals surface area contributed by atoms with Crippen molar-refractivity contribution in [3.05, 3.63) is 89.3 Å². The Kier molecular flexibility index (Phi) is 19.0. The number of nitrogens with two attached hydrogens (primary N) is 2. The Bertz CT molecular complexity index is 1620. The topological polar surface area (TPSA) is 140 Å². The fourth-order valence-electron chi connectivity index (χ4n) is 6.98. The van der Waals surface area contributed by atoms with Crippen molar-refractivity contribution >= 4 is 17.9 Å². The minimum absolute atomic E-state index is 0.0159. The Morgan fingerprint density at radius 1 is 0.750 bits per heavy atom. The predicted molar refractivity (Wildman–Crippen MR) is 221 cm³/mol. The molecule has 1 aliphatic carbocycles. The van der Waals surface area contributed by atoms with E-state index in [-0.39, 0.29) is 50.9 Å². The van der Waals surface area contributed by atoms with Crippen LogP contribution in [0.5, 0.6) is 5.75 Å². The summed E-state index contributed by atoms with van der Waals surface area (Å²) >= 11 is 0. The standard InChI is InChI=1S/C46H65FN2O7/c1-8-9-10-13-34-16-18-35(19-17-34)36-20-21-40(41(47)26-36)39-24-37(14-11-22-53-43(50)31(2)3)42(38(25-39)15-12-23-54-44(51)32(4)5)55-29-46(27-48,28-49)30-56-45(52)33(6)7/h20-21,24-26,34-35H,2,4,6,8-19,22-23,27-30,48-49H2,1,3,5,7H3. The number of hydrogen-bond acceptors (Lipinski definition) is 9. The minimum atomic E-state index is -0.914. The molecule has 2 aromatic rings. The smallest absolute Gasteiger partial charge is 0.333 e. The summed E-state index contributed by atoms with van der Waals surface area (Å²) in [6.07, 6.45) is 11.3. The minimum Gasteiger partial charge on any atom is -0.492 e. The molecule has 0 amide bonds. The lowest BCUT2D eigenvalue weighted by molar-refractivity contribution is -0.143. The van der Waals surface area contributed by atoms with E-state index in [0.29, 0.717) is 59.6 Å². The van der Waals surface area contributed by atoms with E-state index in [0.717, 1.165) is 35.4 Å². The molecule has 2 aromatic carbocycles. The largest absolute Gasteiger partial charge is 0.492 e. The molecule has 0 heterocycles. The van der Waals surface area contributed by atoms with Crippen LogP contribution in [0.15, 0.2) is 66.8 Å². The van der Waals surface area contributed by atoms with E-state index < -0.39 is 23.3 Å². The molecule has 9 nitrogen and oxygen atoms in total. The van der Waals surface area contributed by atoms with E-state index in [2.05, 4.69) is 32.7 Å². The summed E-state index contributed by atoms with van der Waals surface area (Å²) in [5, 5.41) is 0. The number of carbonyl (C=O) groups excluding carboxylic acids is 3. The monoisotopic (exact) mass is 776 g/mol. The zero-order chi connectivity index (χ0) is 41.3. The quantitative estimate of drug-likeness (QED) is 0.0463. The number of ether oxygens (including phenoxy) is 4. The lowest BCUT2D eigenvalue weighted by atomic mass is 9.77. The third kappa shape index (κ3) is 14.0. The molecule has 0 saturated heterocycles. The predicted octanol–water partition coefficient (Wildman–Crippen LogP) is 8.85. The Balaban J connectivity index is 2.00. The molecular weight excluding hydrogens is 712 g/mol. The molecule has 56 heavy (non-hydrogen) atoms. The average molecular weight is 777 g/mol. The summed E-state index contributed by atoms with van der Waals surface area (Å²) < 4.78 is 39.1. The van der Waals surface area contributed by atoms with Crippen LogP contribution >= 0.6 is 0 Å². The van der Waals surface area contributed by atoms with Gasteiger partial charge in [0, 0.05) is 35.4 Å². The maximum absolute atomic E-state index is 16.2. The second-order valence-corrected chi connectivity index (χ2v) is 15.7. The molecule has 1 aliphatic rings. The molecule has 3 rings (SSSR count). The van der Waals surface area contributed by atoms with Crippen LogP contribution in [-0.4, -0.2) is 57.4 Å². The highest BCUT2D eigenvalue weighted by molar-refractivity contribution is 5.87. The molecule has 0 aromatic heterocycles. The number of esters is 3. The van der Waals surface area contributed by atoms with E-state index in [1.807, 2.05) is 18.2 Å². The van der Waals surface area contributed by atoms with Gasteiger partial charge in [-0.25, -0.2) is 18.8 Å². The van der Waals surface area contributed by atoms with E-state index in [1.165, 1.54) is 38.5 Å². The Labute approximate surface area is 334 Å². The summed E-state index contributed by atoms with van der Waals surface area (Å²) in [4.78, 5) is 36.6. The summed E-state index contributed by atoms with van der Waals surface area (Å²) in [5.74, 6) is -0.172. The molecule has 308 valence electrons. The number of carbonyl (C=O) groups is 3. The van der Waals surface area contributed by atoms with Gasteiger partial charge in [-0.2, -0.15) is 0 Å². The van der Waals surface area contributed by atoms with E-state index in [4.69, 9.17) is 30.4 Å². The van der Waals surface area contributed by atoms with Gasteiger partial charge in [0.25, 0.3) is 0 Å². The molecule has 0 unspecified atom stereocenters. The molecule has 10 heteroatoms. The number of aryl methyl sites for hydroxylation is 2. The number of benzene rings is 2. The maximum atomic E-state index is 16.2. The normalized spacial score (nSPS) is 15.5. The Hall–Kier alpha value is -4.28. The lowest BCUT2D eigenvalue weighted by Crippen LogP contribution is -2.47. The van der Waals surface area contributed by atoms with Crippen molar-refractivity contribution in [1.82, 2.24) is 0 Å². The number of hydrogen-bond donors (Lipinski definition) is 2. The number of halogens is 1. The molecule has 1 saturated carbocycles. The van der Waals surface area contributed by atoms with Crippen molar-refractivity contribution in [1.29, 1.82) is 0 Å². The zero-order valence-corrected chi connectivity index (χ0v) is 34.3. The summed E-state index contributed by atoms with van der Waals surface area (Å²) in [6, 6.07) is 9.44. The molecule has 1 fully saturated rings. The van der Waals surface area contributed by atoms with Crippen LogP contribution in [0.25, 0.3) is 11.1 Å². The van der Waals surface area contributed by atoms with Gasteiger partial charge in [0.15, 0.2) is 0 Å². The maximum Gasteiger partial charge on any atom is 0.333 e. The third-order valence-corrected chi connectivity index (χ3v) is 10.7. The number of rotatable bonds is 24. The van der Waals surface area contributed by atoms with Crippen LogP contribution in [0.1, 0.15) is 115 Å². The molecule has 0 atom stereocenters. The number of unbranched alkanes of at least 4 members (excludes halogenated alkanes) is 2. The highest BCUT2D eigenvalue weighted by Crippen LogP contribution is 2.40. The van der Waals surface area contributed by atoms with E-state index in [1.54, 1.807) is 26.8 Å². The molecule has 0 spiro atoms. The molecule has 4 N–H and O–H groups in total. The third-order valence-electron chi connectivity index (χ3n) is 10.7. The lowest BCUT2D eigenvalue weighted by Gasteiger charge is -2.31. The molecule has 0 bridgehead atoms. The van der Waals surface area contributed by atoms with Gasteiger partial charge < -0.3 is 30.4 Å². The first-order valence-corrected chi connectivity index (χ1v) is 20.2. The summed E-state index contributed by atoms with van der Waals surface area (Å²) in [7, 11) is 0. The second-order valence-electron chi connectivity index (χ2n) is 15.7. The van der Waals surface area contributed by atoms with Gasteiger partial charge in [-0.05, 0) is 124 Å². The van der Waals surface area contributed by atoms with Crippen molar-refractivity contribution in [3.63, 3.8) is 0 Å². The van der Waals surface area contributed by atoms with Gasteiger partial charge in [-0.15, -0.1) is 0 Å². The van der Waals surface area contributed by atoms with Crippen LogP contribution in [-0.2, 0) is 41.4 Å². The first-order valence-electron chi connectivity index (χ1n) is 20.2. The zero-order valence-electron chi connectivity index (χ0n) is 34.3. The first-order chi connectivity index (χ1) is 26.7. The van der Waals surface area contributed by atoms with Gasteiger partial charge in [0.1, 0.15) is 18.2 Å². The van der Waals surface area contributed by atoms with Crippen LogP contribution in [0, 0.1) is 17.2 Å². The van der Waals surface area contributed by atoms with E-state index >= 15 is 4.39 Å². The van der Waals surface area contributed by atoms with Crippen molar-refractivity contribution in [2.75, 3.05) is 39.5 Å². The fourth-order valence-corrected chi connectivity index (χ4v) is 6.98. The van der Waals surface area contributed by atoms with Crippen molar-refractivity contribution in [2.24, 2.45) is 22.8 Å².